The summed E-state index contributed by atoms with van der Waals surface area (Å²) in [6, 6.07) is 10.7. The quantitative estimate of drug-likeness (QED) is 0.816. The van der Waals surface area contributed by atoms with Crippen LogP contribution in [0, 0.1) is 5.41 Å². The molecule has 0 aliphatic heterocycles. The molecule has 98 valence electrons. The number of para-hydroxylation sites is 1. The summed E-state index contributed by atoms with van der Waals surface area (Å²) in [6.45, 7) is 6.72. The zero-order chi connectivity index (χ0) is 13.2. The molecule has 1 aliphatic carbocycles. The maximum Gasteiger partial charge on any atom is 0.0837 e. The van der Waals surface area contributed by atoms with Gasteiger partial charge in [-0.25, -0.2) is 0 Å². The minimum absolute atomic E-state index is 0.141. The standard InChI is InChI=1S/C16H23NO/c1-15(2)12-16(3,18-4)11-10-14(15)17-13-8-6-5-7-9-13/h5-11,14,17H,12H2,1-4H3/t14-,16-/m1/s1. The van der Waals surface area contributed by atoms with Gasteiger partial charge in [-0.1, -0.05) is 44.2 Å². The van der Waals surface area contributed by atoms with Gasteiger partial charge in [0.25, 0.3) is 0 Å². The number of hydrogen-bond acceptors (Lipinski definition) is 2. The first-order valence-electron chi connectivity index (χ1n) is 6.51. The monoisotopic (exact) mass is 245 g/mol. The van der Waals surface area contributed by atoms with E-state index < -0.39 is 0 Å². The van der Waals surface area contributed by atoms with Gasteiger partial charge in [-0.3, -0.25) is 0 Å². The lowest BCUT2D eigenvalue weighted by Crippen LogP contribution is -2.45. The molecule has 2 heteroatoms. The number of hydrogen-bond donors (Lipinski definition) is 1. The fourth-order valence-electron chi connectivity index (χ4n) is 2.73. The maximum atomic E-state index is 5.60. The van der Waals surface area contributed by atoms with Gasteiger partial charge in [-0.05, 0) is 30.9 Å². The molecule has 18 heavy (non-hydrogen) atoms. The van der Waals surface area contributed by atoms with Gasteiger partial charge in [-0.2, -0.15) is 0 Å². The SMILES string of the molecule is CO[C@]1(C)C=C[C@@H](Nc2ccccc2)C(C)(C)C1. The van der Waals surface area contributed by atoms with Crippen molar-refractivity contribution in [2.75, 3.05) is 12.4 Å². The third-order valence-electron chi connectivity index (χ3n) is 3.85. The molecule has 0 aromatic heterocycles. The normalized spacial score (nSPS) is 30.1. The molecule has 1 N–H and O–H groups in total. The number of anilines is 1. The molecule has 2 rings (SSSR count). The van der Waals surface area contributed by atoms with E-state index in [1.54, 1.807) is 7.11 Å². The summed E-state index contributed by atoms with van der Waals surface area (Å²) >= 11 is 0. The molecular weight excluding hydrogens is 222 g/mol. The highest BCUT2D eigenvalue weighted by Gasteiger charge is 2.39. The zero-order valence-corrected chi connectivity index (χ0v) is 11.7. The van der Waals surface area contributed by atoms with Crippen LogP contribution in [0.5, 0.6) is 0 Å². The van der Waals surface area contributed by atoms with Crippen LogP contribution < -0.4 is 5.32 Å². The summed E-state index contributed by atoms with van der Waals surface area (Å²) in [4.78, 5) is 0. The van der Waals surface area contributed by atoms with Crippen molar-refractivity contribution in [1.82, 2.24) is 0 Å². The molecule has 0 saturated heterocycles. The van der Waals surface area contributed by atoms with E-state index in [2.05, 4.69) is 62.5 Å². The summed E-state index contributed by atoms with van der Waals surface area (Å²) in [6.07, 6.45) is 5.43. The van der Waals surface area contributed by atoms with Crippen LogP contribution in [0.4, 0.5) is 5.69 Å². The van der Waals surface area contributed by atoms with Crippen LogP contribution in [0.25, 0.3) is 0 Å². The summed E-state index contributed by atoms with van der Waals surface area (Å²) in [5.41, 5.74) is 1.19. The molecule has 1 aromatic rings. The van der Waals surface area contributed by atoms with Crippen molar-refractivity contribution in [3.8, 4) is 0 Å². The second-order valence-electron chi connectivity index (χ2n) is 6.03. The molecular formula is C16H23NO. The van der Waals surface area contributed by atoms with Crippen molar-refractivity contribution in [3.63, 3.8) is 0 Å². The number of rotatable bonds is 3. The molecule has 0 bridgehead atoms. The van der Waals surface area contributed by atoms with E-state index in [0.29, 0.717) is 6.04 Å². The lowest BCUT2D eigenvalue weighted by atomic mass is 9.71. The molecule has 2 nitrogen and oxygen atoms in total. The highest BCUT2D eigenvalue weighted by atomic mass is 16.5. The molecule has 2 atom stereocenters. The van der Waals surface area contributed by atoms with Crippen molar-refractivity contribution >= 4 is 5.69 Å². The van der Waals surface area contributed by atoms with Gasteiger partial charge >= 0.3 is 0 Å². The number of nitrogens with one attached hydrogen (secondary N) is 1. The van der Waals surface area contributed by atoms with E-state index in [9.17, 15) is 0 Å². The first kappa shape index (κ1) is 13.2. The maximum absolute atomic E-state index is 5.60. The molecule has 0 unspecified atom stereocenters. The highest BCUT2D eigenvalue weighted by molar-refractivity contribution is 5.45. The number of ether oxygens (including phenoxy) is 1. The Labute approximate surface area is 110 Å². The topological polar surface area (TPSA) is 21.3 Å². The Morgan fingerprint density at radius 1 is 1.17 bits per heavy atom. The average Bonchev–Trinajstić information content (AvgIpc) is 2.34. The van der Waals surface area contributed by atoms with Crippen molar-refractivity contribution < 1.29 is 4.74 Å². The predicted octanol–water partition coefficient (Wildman–Crippen LogP) is 3.86. The Morgan fingerprint density at radius 3 is 2.39 bits per heavy atom. The van der Waals surface area contributed by atoms with Gasteiger partial charge in [0.15, 0.2) is 0 Å². The van der Waals surface area contributed by atoms with Crippen LogP contribution in [0.3, 0.4) is 0 Å². The van der Waals surface area contributed by atoms with Gasteiger partial charge in [0.05, 0.1) is 5.60 Å². The number of benzene rings is 1. The summed E-state index contributed by atoms with van der Waals surface area (Å²) in [7, 11) is 1.78. The minimum atomic E-state index is -0.141. The van der Waals surface area contributed by atoms with Crippen LogP contribution >= 0.6 is 0 Å². The van der Waals surface area contributed by atoms with E-state index in [1.165, 1.54) is 5.69 Å². The van der Waals surface area contributed by atoms with Crippen LogP contribution in [-0.4, -0.2) is 18.8 Å². The summed E-state index contributed by atoms with van der Waals surface area (Å²) in [5.74, 6) is 0. The van der Waals surface area contributed by atoms with Gasteiger partial charge in [-0.15, -0.1) is 0 Å². The smallest absolute Gasteiger partial charge is 0.0837 e. The molecule has 1 aromatic carbocycles. The fourth-order valence-corrected chi connectivity index (χ4v) is 2.73. The largest absolute Gasteiger partial charge is 0.378 e. The van der Waals surface area contributed by atoms with Gasteiger partial charge in [0.2, 0.25) is 0 Å². The average molecular weight is 245 g/mol. The van der Waals surface area contributed by atoms with Crippen LogP contribution in [0.15, 0.2) is 42.5 Å². The summed E-state index contributed by atoms with van der Waals surface area (Å²) < 4.78 is 5.60. The number of methoxy groups -OCH3 is 1. The molecule has 1 aliphatic rings. The lowest BCUT2D eigenvalue weighted by molar-refractivity contribution is 0.00211. The third-order valence-corrected chi connectivity index (χ3v) is 3.85. The zero-order valence-electron chi connectivity index (χ0n) is 11.7. The fraction of sp³-hybridized carbons (Fsp3) is 0.500. The van der Waals surface area contributed by atoms with Crippen molar-refractivity contribution in [2.45, 2.75) is 38.8 Å². The first-order chi connectivity index (χ1) is 8.45. The van der Waals surface area contributed by atoms with Gasteiger partial charge < -0.3 is 10.1 Å². The third kappa shape index (κ3) is 2.75. The molecule has 0 saturated carbocycles. The Morgan fingerprint density at radius 2 is 1.83 bits per heavy atom. The van der Waals surface area contributed by atoms with Gasteiger partial charge in [0.1, 0.15) is 0 Å². The van der Waals surface area contributed by atoms with Crippen molar-refractivity contribution in [3.05, 3.63) is 42.5 Å². The van der Waals surface area contributed by atoms with Crippen LogP contribution in [-0.2, 0) is 4.74 Å². The van der Waals surface area contributed by atoms with E-state index in [0.717, 1.165) is 6.42 Å². The Hall–Kier alpha value is -1.28. The van der Waals surface area contributed by atoms with Crippen LogP contribution in [0.2, 0.25) is 0 Å². The second-order valence-corrected chi connectivity index (χ2v) is 6.03. The lowest BCUT2D eigenvalue weighted by Gasteiger charge is -2.43. The Bertz CT molecular complexity index is 424. The van der Waals surface area contributed by atoms with Crippen molar-refractivity contribution in [1.29, 1.82) is 0 Å². The highest BCUT2D eigenvalue weighted by Crippen LogP contribution is 2.39. The molecule has 0 amide bonds. The predicted molar refractivity (Wildman–Crippen MR) is 76.8 cm³/mol. The van der Waals surface area contributed by atoms with E-state index in [4.69, 9.17) is 4.74 Å². The van der Waals surface area contributed by atoms with Gasteiger partial charge in [0, 0.05) is 18.8 Å². The Balaban J connectivity index is 2.17. The Kier molecular flexibility index (Phi) is 3.49. The van der Waals surface area contributed by atoms with E-state index >= 15 is 0 Å². The molecule has 0 heterocycles. The minimum Gasteiger partial charge on any atom is -0.378 e. The van der Waals surface area contributed by atoms with E-state index in [-0.39, 0.29) is 11.0 Å². The molecule has 0 fully saturated rings. The molecule has 0 spiro atoms. The first-order valence-corrected chi connectivity index (χ1v) is 6.51. The second kappa shape index (κ2) is 4.77. The van der Waals surface area contributed by atoms with Crippen molar-refractivity contribution in [2.24, 2.45) is 5.41 Å². The van der Waals surface area contributed by atoms with Crippen LogP contribution in [0.1, 0.15) is 27.2 Å². The molecule has 0 radical (unpaired) electrons. The van der Waals surface area contributed by atoms with E-state index in [1.807, 2.05) is 6.07 Å². The summed E-state index contributed by atoms with van der Waals surface area (Å²) in [5, 5.41) is 3.59.